The van der Waals surface area contributed by atoms with Gasteiger partial charge in [-0.2, -0.15) is 5.26 Å². The first-order chi connectivity index (χ1) is 19.1. The van der Waals surface area contributed by atoms with Gasteiger partial charge in [-0.3, -0.25) is 0 Å². The first-order valence-corrected chi connectivity index (χ1v) is 13.2. The van der Waals surface area contributed by atoms with Gasteiger partial charge in [0, 0.05) is 12.7 Å². The maximum Gasteiger partial charge on any atom is 0.226 e. The monoisotopic (exact) mass is 542 g/mol. The van der Waals surface area contributed by atoms with Crippen molar-refractivity contribution in [1.82, 2.24) is 0 Å². The second-order valence-electron chi connectivity index (χ2n) is 10.2. The third-order valence-electron chi connectivity index (χ3n) is 6.11. The first kappa shape index (κ1) is 30.6. The molecule has 0 radical (unpaired) electrons. The minimum Gasteiger partial charge on any atom is -0.452 e. The van der Waals surface area contributed by atoms with Crippen LogP contribution in [0.2, 0.25) is 0 Å². The minimum atomic E-state index is -1.50. The van der Waals surface area contributed by atoms with Gasteiger partial charge in [0.2, 0.25) is 5.76 Å². The molecule has 4 N–H and O–H groups in total. The minimum absolute atomic E-state index is 0.149. The van der Waals surface area contributed by atoms with Crippen molar-refractivity contribution < 1.29 is 24.1 Å². The molecule has 1 unspecified atom stereocenters. The lowest BCUT2D eigenvalue weighted by Gasteiger charge is -2.36. The van der Waals surface area contributed by atoms with Crippen LogP contribution >= 0.6 is 0 Å². The average Bonchev–Trinajstić information content (AvgIpc) is 3.57. The summed E-state index contributed by atoms with van der Waals surface area (Å²) in [5.74, 6) is -0.719. The van der Waals surface area contributed by atoms with E-state index in [1.54, 1.807) is 12.1 Å². The lowest BCUT2D eigenvalue weighted by atomic mass is 9.80. The number of nitrogens with two attached hydrogens (primary N) is 1. The summed E-state index contributed by atoms with van der Waals surface area (Å²) in [6, 6.07) is 34.8. The van der Waals surface area contributed by atoms with Crippen molar-refractivity contribution >= 4 is 5.69 Å². The van der Waals surface area contributed by atoms with E-state index in [2.05, 4.69) is 84.1 Å². The molecule has 2 atom stereocenters. The van der Waals surface area contributed by atoms with Gasteiger partial charge in [0.15, 0.2) is 5.79 Å². The Balaban J connectivity index is 0.000000281. The molecule has 40 heavy (non-hydrogen) atoms. The number of hydrogen-bond donors (Lipinski definition) is 3. The van der Waals surface area contributed by atoms with Gasteiger partial charge in [0.25, 0.3) is 0 Å². The Labute approximate surface area is 236 Å². The Morgan fingerprint density at radius 3 is 1.62 bits per heavy atom. The zero-order chi connectivity index (χ0) is 29.0. The quantitative estimate of drug-likeness (QED) is 0.206. The number of nitrogen functional groups attached to an aromatic ring is 1. The van der Waals surface area contributed by atoms with Gasteiger partial charge >= 0.3 is 0 Å². The summed E-state index contributed by atoms with van der Waals surface area (Å²) in [7, 11) is 0. The highest BCUT2D eigenvalue weighted by atomic mass is 16.5. The van der Waals surface area contributed by atoms with Crippen molar-refractivity contribution in [3.8, 4) is 6.07 Å². The molecule has 210 valence electrons. The molecule has 1 aromatic heterocycles. The van der Waals surface area contributed by atoms with E-state index in [4.69, 9.17) is 30.7 Å². The molecule has 0 amide bonds. The van der Waals surface area contributed by atoms with Gasteiger partial charge in [0.1, 0.15) is 11.7 Å². The van der Waals surface area contributed by atoms with E-state index < -0.39 is 11.4 Å². The van der Waals surface area contributed by atoms with E-state index in [0.717, 1.165) is 29.7 Å². The van der Waals surface area contributed by atoms with Crippen LogP contribution < -0.4 is 5.73 Å². The predicted octanol–water partition coefficient (Wildman–Crippen LogP) is 5.86. The van der Waals surface area contributed by atoms with Gasteiger partial charge < -0.3 is 29.8 Å². The summed E-state index contributed by atoms with van der Waals surface area (Å²) in [5, 5.41) is 24.3. The van der Waals surface area contributed by atoms with Crippen LogP contribution in [0.15, 0.2) is 108 Å². The predicted molar refractivity (Wildman–Crippen MR) is 155 cm³/mol. The van der Waals surface area contributed by atoms with Gasteiger partial charge in [0.05, 0.1) is 24.7 Å². The van der Waals surface area contributed by atoms with E-state index in [9.17, 15) is 0 Å². The zero-order valence-electron chi connectivity index (χ0n) is 23.2. The molecule has 1 aliphatic heterocycles. The molecular weight excluding hydrogens is 504 g/mol. The van der Waals surface area contributed by atoms with Crippen molar-refractivity contribution in [3.63, 3.8) is 0 Å². The summed E-state index contributed by atoms with van der Waals surface area (Å²) < 4.78 is 17.4. The van der Waals surface area contributed by atoms with Crippen LogP contribution in [-0.2, 0) is 15.1 Å². The molecule has 1 fully saturated rings. The fraction of sp³-hybridized carbons (Fsp3) is 0.303. The van der Waals surface area contributed by atoms with Gasteiger partial charge in [-0.25, -0.2) is 0 Å². The SMILES string of the molecule is CC(C)(O)O.CC1CO[C@H](COC(c2ccccc2)(c2ccccc2)c2ccccc2)C1.N#Cc1occc1N. The third kappa shape index (κ3) is 8.80. The summed E-state index contributed by atoms with van der Waals surface area (Å²) in [5.41, 5.74) is 8.38. The fourth-order valence-electron chi connectivity index (χ4n) is 4.40. The Bertz CT molecular complexity index is 1210. The Morgan fingerprint density at radius 2 is 1.32 bits per heavy atom. The first-order valence-electron chi connectivity index (χ1n) is 13.2. The summed E-state index contributed by atoms with van der Waals surface area (Å²) in [6.07, 6.45) is 2.58. The summed E-state index contributed by atoms with van der Waals surface area (Å²) in [6.45, 7) is 6.23. The van der Waals surface area contributed by atoms with Crippen LogP contribution in [0.4, 0.5) is 5.69 Å². The molecule has 1 saturated heterocycles. The largest absolute Gasteiger partial charge is 0.452 e. The molecule has 7 heteroatoms. The highest BCUT2D eigenvalue weighted by Crippen LogP contribution is 2.41. The van der Waals surface area contributed by atoms with Crippen LogP contribution in [-0.4, -0.2) is 35.3 Å². The normalized spacial score (nSPS) is 16.6. The number of nitrogens with zero attached hydrogens (tertiary/aromatic N) is 1. The lowest BCUT2D eigenvalue weighted by molar-refractivity contribution is -0.127. The molecule has 1 aliphatic rings. The fourth-order valence-corrected chi connectivity index (χ4v) is 4.40. The van der Waals surface area contributed by atoms with E-state index in [1.165, 1.54) is 20.1 Å². The summed E-state index contributed by atoms with van der Waals surface area (Å²) in [4.78, 5) is 0. The van der Waals surface area contributed by atoms with Crippen molar-refractivity contribution in [2.75, 3.05) is 18.9 Å². The van der Waals surface area contributed by atoms with Crippen LogP contribution in [0.1, 0.15) is 49.6 Å². The molecule has 0 bridgehead atoms. The smallest absolute Gasteiger partial charge is 0.226 e. The number of furan rings is 1. The average molecular weight is 543 g/mol. The Hall–Kier alpha value is -3.93. The van der Waals surface area contributed by atoms with E-state index in [1.807, 2.05) is 18.2 Å². The van der Waals surface area contributed by atoms with Crippen LogP contribution in [0.3, 0.4) is 0 Å². The van der Waals surface area contributed by atoms with Crippen molar-refractivity contribution in [1.29, 1.82) is 5.26 Å². The molecule has 4 aromatic rings. The molecule has 0 saturated carbocycles. The Morgan fingerprint density at radius 1 is 0.875 bits per heavy atom. The number of aliphatic hydroxyl groups is 2. The zero-order valence-corrected chi connectivity index (χ0v) is 23.2. The van der Waals surface area contributed by atoms with Gasteiger partial charge in [-0.05, 0) is 42.9 Å². The van der Waals surface area contributed by atoms with Crippen molar-refractivity contribution in [2.24, 2.45) is 5.92 Å². The summed E-state index contributed by atoms with van der Waals surface area (Å²) >= 11 is 0. The molecule has 2 heterocycles. The number of ether oxygens (including phenoxy) is 2. The Kier molecular flexibility index (Phi) is 11.1. The number of rotatable bonds is 6. The van der Waals surface area contributed by atoms with E-state index in [-0.39, 0.29) is 11.9 Å². The maximum absolute atomic E-state index is 8.18. The van der Waals surface area contributed by atoms with Gasteiger partial charge in [-0.15, -0.1) is 0 Å². The number of nitriles is 1. The third-order valence-corrected chi connectivity index (χ3v) is 6.11. The molecule has 3 aromatic carbocycles. The highest BCUT2D eigenvalue weighted by Gasteiger charge is 2.38. The second-order valence-corrected chi connectivity index (χ2v) is 10.2. The van der Waals surface area contributed by atoms with Gasteiger partial charge in [-0.1, -0.05) is 97.9 Å². The van der Waals surface area contributed by atoms with E-state index in [0.29, 0.717) is 18.2 Å². The topological polar surface area (TPSA) is 122 Å². The van der Waals surface area contributed by atoms with Crippen LogP contribution in [0.25, 0.3) is 0 Å². The lowest BCUT2D eigenvalue weighted by Crippen LogP contribution is -2.35. The van der Waals surface area contributed by atoms with Crippen molar-refractivity contribution in [2.45, 2.75) is 44.7 Å². The molecule has 5 rings (SSSR count). The second kappa shape index (κ2) is 14.5. The molecular formula is C33H38N2O5. The highest BCUT2D eigenvalue weighted by molar-refractivity contribution is 5.48. The standard InChI is InChI=1S/C25H26O2.C5H4N2O.C3H8O2/c1-20-17-24(26-18-20)19-27-25(21-11-5-2-6-12-21,22-13-7-3-8-14-22)23-15-9-4-10-16-23;6-3-5-4(7)1-2-8-5;1-3(2,4)5/h2-16,20,24H,17-19H2,1H3;1-2H,7H2;4-5H,1-2H3/t20?,24-;;/m0../s1. The van der Waals surface area contributed by atoms with Crippen molar-refractivity contribution in [3.05, 3.63) is 126 Å². The number of benzene rings is 3. The van der Waals surface area contributed by atoms with Crippen LogP contribution in [0, 0.1) is 17.2 Å². The number of hydrogen-bond acceptors (Lipinski definition) is 7. The molecule has 0 aliphatic carbocycles. The van der Waals surface area contributed by atoms with Crippen LogP contribution in [0.5, 0.6) is 0 Å². The number of anilines is 1. The maximum atomic E-state index is 8.18. The van der Waals surface area contributed by atoms with E-state index >= 15 is 0 Å². The molecule has 0 spiro atoms. The molecule has 7 nitrogen and oxygen atoms in total.